The molecule has 21 heavy (non-hydrogen) atoms. The van der Waals surface area contributed by atoms with Crippen LogP contribution >= 0.6 is 0 Å². The summed E-state index contributed by atoms with van der Waals surface area (Å²) in [7, 11) is 0. The third-order valence-corrected chi connectivity index (χ3v) is 4.37. The van der Waals surface area contributed by atoms with Crippen molar-refractivity contribution in [2.45, 2.75) is 26.2 Å². The van der Waals surface area contributed by atoms with E-state index in [1.807, 2.05) is 4.90 Å². The molecule has 6 nitrogen and oxygen atoms in total. The molecule has 1 spiro atoms. The van der Waals surface area contributed by atoms with Crippen molar-refractivity contribution in [3.63, 3.8) is 0 Å². The van der Waals surface area contributed by atoms with Crippen molar-refractivity contribution in [1.82, 2.24) is 15.1 Å². The minimum atomic E-state index is -0.423. The summed E-state index contributed by atoms with van der Waals surface area (Å²) in [5, 5.41) is 2.52. The van der Waals surface area contributed by atoms with E-state index >= 15 is 0 Å². The van der Waals surface area contributed by atoms with Crippen LogP contribution in [-0.2, 0) is 14.4 Å². The summed E-state index contributed by atoms with van der Waals surface area (Å²) in [5.41, 5.74) is -0.423. The molecular weight excluding hydrogens is 270 g/mol. The summed E-state index contributed by atoms with van der Waals surface area (Å²) in [5.74, 6) is -0.192. The summed E-state index contributed by atoms with van der Waals surface area (Å²) in [4.78, 5) is 39.1. The maximum atomic E-state index is 12.6. The predicted octanol–water partition coefficient (Wildman–Crippen LogP) is 0.150. The average Bonchev–Trinajstić information content (AvgIpc) is 2.75. The van der Waals surface area contributed by atoms with Crippen molar-refractivity contribution in [2.75, 3.05) is 32.7 Å². The van der Waals surface area contributed by atoms with Crippen LogP contribution in [0.2, 0.25) is 0 Å². The number of hydrogen-bond donors (Lipinski definition) is 1. The lowest BCUT2D eigenvalue weighted by molar-refractivity contribution is -0.143. The Hall–Kier alpha value is -1.85. The van der Waals surface area contributed by atoms with Crippen LogP contribution in [0.4, 0.5) is 0 Å². The maximum absolute atomic E-state index is 12.6. The number of likely N-dealkylation sites (tertiary alicyclic amines) is 2. The minimum absolute atomic E-state index is 0.00990. The molecule has 0 saturated carbocycles. The standard InChI is InChI=1S/C15H23N3O3/c1-3-7-17-9-6-15(14(17)21)5-4-8-18(11-15)13(20)10-16-12(2)19/h3H,1,4-11H2,2H3,(H,16,19)/t15-/m1/s1. The first-order valence-electron chi connectivity index (χ1n) is 7.41. The van der Waals surface area contributed by atoms with Gasteiger partial charge >= 0.3 is 0 Å². The Morgan fingerprint density at radius 3 is 2.81 bits per heavy atom. The molecule has 0 unspecified atom stereocenters. The van der Waals surface area contributed by atoms with Crippen LogP contribution in [0.25, 0.3) is 0 Å². The van der Waals surface area contributed by atoms with Crippen LogP contribution < -0.4 is 5.32 Å². The first-order chi connectivity index (χ1) is 9.98. The molecule has 116 valence electrons. The van der Waals surface area contributed by atoms with Gasteiger partial charge in [0.1, 0.15) is 0 Å². The molecule has 2 aliphatic heterocycles. The van der Waals surface area contributed by atoms with Gasteiger partial charge in [-0.2, -0.15) is 0 Å². The Kier molecular flexibility index (Phi) is 4.65. The molecule has 2 saturated heterocycles. The summed E-state index contributed by atoms with van der Waals surface area (Å²) >= 11 is 0. The number of piperidine rings is 1. The largest absolute Gasteiger partial charge is 0.347 e. The number of nitrogens with one attached hydrogen (secondary N) is 1. The van der Waals surface area contributed by atoms with Crippen LogP contribution in [0, 0.1) is 5.41 Å². The molecule has 2 heterocycles. The molecule has 2 fully saturated rings. The van der Waals surface area contributed by atoms with Gasteiger partial charge in [-0.05, 0) is 19.3 Å². The summed E-state index contributed by atoms with van der Waals surface area (Å²) in [6.07, 6.45) is 4.20. The number of hydrogen-bond acceptors (Lipinski definition) is 3. The second-order valence-electron chi connectivity index (χ2n) is 5.90. The highest BCUT2D eigenvalue weighted by Crippen LogP contribution is 2.40. The second kappa shape index (κ2) is 6.28. The number of carbonyl (C=O) groups excluding carboxylic acids is 3. The van der Waals surface area contributed by atoms with Crippen molar-refractivity contribution in [3.8, 4) is 0 Å². The molecule has 0 aromatic carbocycles. The Balaban J connectivity index is 2.00. The average molecular weight is 293 g/mol. The molecule has 2 rings (SSSR count). The zero-order valence-electron chi connectivity index (χ0n) is 12.6. The third kappa shape index (κ3) is 3.25. The van der Waals surface area contributed by atoms with Crippen molar-refractivity contribution >= 4 is 17.7 Å². The van der Waals surface area contributed by atoms with E-state index in [4.69, 9.17) is 0 Å². The van der Waals surface area contributed by atoms with Gasteiger partial charge in [-0.25, -0.2) is 0 Å². The quantitative estimate of drug-likeness (QED) is 0.750. The third-order valence-electron chi connectivity index (χ3n) is 4.37. The van der Waals surface area contributed by atoms with Gasteiger partial charge in [0.05, 0.1) is 12.0 Å². The molecule has 2 aliphatic rings. The molecule has 0 radical (unpaired) electrons. The Labute approximate surface area is 125 Å². The molecular formula is C15H23N3O3. The van der Waals surface area contributed by atoms with Crippen molar-refractivity contribution in [1.29, 1.82) is 0 Å². The number of amides is 3. The summed E-state index contributed by atoms with van der Waals surface area (Å²) in [6, 6.07) is 0. The summed E-state index contributed by atoms with van der Waals surface area (Å²) in [6.45, 7) is 7.51. The van der Waals surface area contributed by atoms with E-state index in [0.29, 0.717) is 19.6 Å². The molecule has 6 heteroatoms. The van der Waals surface area contributed by atoms with E-state index < -0.39 is 5.41 Å². The molecule has 1 N–H and O–H groups in total. The highest BCUT2D eigenvalue weighted by Gasteiger charge is 2.49. The predicted molar refractivity (Wildman–Crippen MR) is 78.3 cm³/mol. The van der Waals surface area contributed by atoms with Gasteiger partial charge in [-0.1, -0.05) is 6.08 Å². The second-order valence-corrected chi connectivity index (χ2v) is 5.90. The smallest absolute Gasteiger partial charge is 0.241 e. The Bertz CT molecular complexity index is 463. The van der Waals surface area contributed by atoms with Gasteiger partial charge in [-0.3, -0.25) is 14.4 Å². The molecule has 0 aromatic heterocycles. The molecule has 0 aliphatic carbocycles. The van der Waals surface area contributed by atoms with Crippen LogP contribution in [0.15, 0.2) is 12.7 Å². The van der Waals surface area contributed by atoms with Gasteiger partial charge in [0.2, 0.25) is 17.7 Å². The van der Waals surface area contributed by atoms with Crippen molar-refractivity contribution in [2.24, 2.45) is 5.41 Å². The van der Waals surface area contributed by atoms with Crippen LogP contribution in [0.3, 0.4) is 0 Å². The van der Waals surface area contributed by atoms with Crippen LogP contribution in [-0.4, -0.2) is 60.2 Å². The topological polar surface area (TPSA) is 69.7 Å². The van der Waals surface area contributed by atoms with Gasteiger partial charge in [0, 0.05) is 33.1 Å². The number of nitrogens with zero attached hydrogens (tertiary/aromatic N) is 2. The lowest BCUT2D eigenvalue weighted by Crippen LogP contribution is -2.51. The van der Waals surface area contributed by atoms with E-state index in [2.05, 4.69) is 11.9 Å². The van der Waals surface area contributed by atoms with Gasteiger partial charge in [0.15, 0.2) is 0 Å². The van der Waals surface area contributed by atoms with Crippen LogP contribution in [0.1, 0.15) is 26.2 Å². The normalized spacial score (nSPS) is 25.3. The fourth-order valence-electron chi connectivity index (χ4n) is 3.26. The van der Waals surface area contributed by atoms with Crippen molar-refractivity contribution < 1.29 is 14.4 Å². The molecule has 3 amide bonds. The lowest BCUT2D eigenvalue weighted by atomic mass is 9.78. The molecule has 0 bridgehead atoms. The van der Waals surface area contributed by atoms with Gasteiger partial charge in [-0.15, -0.1) is 6.58 Å². The Morgan fingerprint density at radius 1 is 1.38 bits per heavy atom. The maximum Gasteiger partial charge on any atom is 0.241 e. The zero-order chi connectivity index (χ0) is 15.5. The lowest BCUT2D eigenvalue weighted by Gasteiger charge is -2.39. The number of carbonyl (C=O) groups is 3. The van der Waals surface area contributed by atoms with Gasteiger partial charge < -0.3 is 15.1 Å². The molecule has 1 atom stereocenters. The first kappa shape index (κ1) is 15.5. The first-order valence-corrected chi connectivity index (χ1v) is 7.41. The fourth-order valence-corrected chi connectivity index (χ4v) is 3.26. The fraction of sp³-hybridized carbons (Fsp3) is 0.667. The van der Waals surface area contributed by atoms with E-state index in [0.717, 1.165) is 25.8 Å². The van der Waals surface area contributed by atoms with Crippen molar-refractivity contribution in [3.05, 3.63) is 12.7 Å². The van der Waals surface area contributed by atoms with E-state index in [-0.39, 0.29) is 24.3 Å². The van der Waals surface area contributed by atoms with Crippen LogP contribution in [0.5, 0.6) is 0 Å². The highest BCUT2D eigenvalue weighted by molar-refractivity contribution is 5.88. The van der Waals surface area contributed by atoms with E-state index in [1.165, 1.54) is 6.92 Å². The van der Waals surface area contributed by atoms with E-state index in [1.54, 1.807) is 11.0 Å². The minimum Gasteiger partial charge on any atom is -0.347 e. The summed E-state index contributed by atoms with van der Waals surface area (Å²) < 4.78 is 0. The monoisotopic (exact) mass is 293 g/mol. The number of rotatable bonds is 4. The molecule has 0 aromatic rings. The van der Waals surface area contributed by atoms with Gasteiger partial charge in [0.25, 0.3) is 0 Å². The van der Waals surface area contributed by atoms with E-state index in [9.17, 15) is 14.4 Å². The SMILES string of the molecule is C=CCN1CC[C@@]2(CCCN(C(=O)CNC(C)=O)C2)C1=O. The zero-order valence-corrected chi connectivity index (χ0v) is 12.6. The Morgan fingerprint density at radius 2 is 2.14 bits per heavy atom. The highest BCUT2D eigenvalue weighted by atomic mass is 16.2.